The molecule has 0 fully saturated rings. The van der Waals surface area contributed by atoms with Crippen LogP contribution in [0.3, 0.4) is 0 Å². The average Bonchev–Trinajstić information content (AvgIpc) is 2.30. The molecule has 0 heterocycles. The van der Waals surface area contributed by atoms with Gasteiger partial charge in [0.25, 0.3) is 0 Å². The molecule has 0 unspecified atom stereocenters. The van der Waals surface area contributed by atoms with Gasteiger partial charge in [0.2, 0.25) is 0 Å². The summed E-state index contributed by atoms with van der Waals surface area (Å²) in [6.45, 7) is 4.27. The van der Waals surface area contributed by atoms with Crippen molar-refractivity contribution in [3.05, 3.63) is 35.4 Å². The van der Waals surface area contributed by atoms with Crippen LogP contribution in [0.15, 0.2) is 24.3 Å². The molecule has 0 aliphatic carbocycles. The van der Waals surface area contributed by atoms with Crippen LogP contribution >= 0.6 is 11.8 Å². The lowest BCUT2D eigenvalue weighted by molar-refractivity contribution is 0.282. The Balaban J connectivity index is 2.20. The molecule has 0 amide bonds. The van der Waals surface area contributed by atoms with E-state index < -0.39 is 0 Å². The van der Waals surface area contributed by atoms with Gasteiger partial charge in [-0.1, -0.05) is 31.2 Å². The Morgan fingerprint density at radius 2 is 1.87 bits per heavy atom. The second-order valence-electron chi connectivity index (χ2n) is 3.35. The van der Waals surface area contributed by atoms with Crippen molar-refractivity contribution in [2.75, 3.05) is 18.1 Å². The zero-order valence-corrected chi connectivity index (χ0v) is 10.0. The fraction of sp³-hybridized carbons (Fsp3) is 0.500. The van der Waals surface area contributed by atoms with Gasteiger partial charge in [-0.15, -0.1) is 0 Å². The Morgan fingerprint density at radius 3 is 2.47 bits per heavy atom. The van der Waals surface area contributed by atoms with E-state index in [9.17, 15) is 0 Å². The smallest absolute Gasteiger partial charge is 0.0681 e. The maximum absolute atomic E-state index is 8.88. The lowest BCUT2D eigenvalue weighted by atomic mass is 10.1. The average molecular weight is 225 g/mol. The highest BCUT2D eigenvalue weighted by atomic mass is 32.2. The minimum Gasteiger partial charge on any atom is -0.392 e. The first-order chi connectivity index (χ1) is 7.36. The van der Waals surface area contributed by atoms with Gasteiger partial charge in [0.15, 0.2) is 0 Å². The van der Waals surface area contributed by atoms with E-state index in [1.165, 1.54) is 17.1 Å². The van der Waals surface area contributed by atoms with Crippen molar-refractivity contribution in [1.29, 1.82) is 0 Å². The second-order valence-corrected chi connectivity index (χ2v) is 4.74. The van der Waals surface area contributed by atoms with Crippen LogP contribution < -0.4 is 5.32 Å². The van der Waals surface area contributed by atoms with Gasteiger partial charge in [-0.25, -0.2) is 0 Å². The number of nitrogens with one attached hydrogen (secondary N) is 1. The maximum Gasteiger partial charge on any atom is 0.0681 e. The first-order valence-electron chi connectivity index (χ1n) is 5.34. The zero-order valence-electron chi connectivity index (χ0n) is 9.20. The van der Waals surface area contributed by atoms with Gasteiger partial charge in [0.05, 0.1) is 6.61 Å². The van der Waals surface area contributed by atoms with E-state index in [0.29, 0.717) is 0 Å². The van der Waals surface area contributed by atoms with Crippen molar-refractivity contribution < 1.29 is 5.11 Å². The van der Waals surface area contributed by atoms with Crippen molar-refractivity contribution in [3.63, 3.8) is 0 Å². The predicted octanol–water partition coefficient (Wildman–Crippen LogP) is 2.02. The van der Waals surface area contributed by atoms with Gasteiger partial charge >= 0.3 is 0 Å². The minimum absolute atomic E-state index is 0.126. The van der Waals surface area contributed by atoms with E-state index in [1.807, 2.05) is 23.9 Å². The number of aliphatic hydroxyl groups excluding tert-OH is 1. The van der Waals surface area contributed by atoms with Crippen LogP contribution in [0.4, 0.5) is 0 Å². The Bertz CT molecular complexity index is 261. The monoisotopic (exact) mass is 225 g/mol. The molecule has 0 atom stereocenters. The predicted molar refractivity (Wildman–Crippen MR) is 67.1 cm³/mol. The number of rotatable bonds is 7. The first-order valence-corrected chi connectivity index (χ1v) is 6.49. The lowest BCUT2D eigenvalue weighted by Gasteiger charge is -2.04. The highest BCUT2D eigenvalue weighted by Crippen LogP contribution is 2.04. The van der Waals surface area contributed by atoms with Gasteiger partial charge in [0, 0.05) is 18.8 Å². The van der Waals surface area contributed by atoms with E-state index >= 15 is 0 Å². The molecular formula is C12H19NOS. The van der Waals surface area contributed by atoms with Crippen LogP contribution in [-0.4, -0.2) is 23.2 Å². The Hall–Kier alpha value is -0.510. The van der Waals surface area contributed by atoms with Gasteiger partial charge in [-0.2, -0.15) is 11.8 Å². The molecule has 0 saturated heterocycles. The number of hydrogen-bond donors (Lipinski definition) is 2. The molecular weight excluding hydrogens is 206 g/mol. The van der Waals surface area contributed by atoms with Crippen LogP contribution in [0.2, 0.25) is 0 Å². The Morgan fingerprint density at radius 1 is 1.20 bits per heavy atom. The summed E-state index contributed by atoms with van der Waals surface area (Å²) in [5.41, 5.74) is 2.24. The molecule has 0 spiro atoms. The van der Waals surface area contributed by atoms with Crippen LogP contribution in [0, 0.1) is 0 Å². The van der Waals surface area contributed by atoms with E-state index in [1.54, 1.807) is 0 Å². The van der Waals surface area contributed by atoms with Gasteiger partial charge in [0.1, 0.15) is 0 Å². The second kappa shape index (κ2) is 7.74. The summed E-state index contributed by atoms with van der Waals surface area (Å²) in [7, 11) is 0. The molecule has 0 aliphatic rings. The molecule has 0 bridgehead atoms. The fourth-order valence-corrected chi connectivity index (χ4v) is 1.86. The highest BCUT2D eigenvalue weighted by molar-refractivity contribution is 7.99. The van der Waals surface area contributed by atoms with E-state index in [0.717, 1.165) is 18.7 Å². The van der Waals surface area contributed by atoms with Crippen LogP contribution in [-0.2, 0) is 13.2 Å². The van der Waals surface area contributed by atoms with Gasteiger partial charge in [-0.05, 0) is 16.9 Å². The largest absolute Gasteiger partial charge is 0.392 e. The summed E-state index contributed by atoms with van der Waals surface area (Å²) in [5.74, 6) is 2.36. The van der Waals surface area contributed by atoms with Crippen molar-refractivity contribution in [3.8, 4) is 0 Å². The SMILES string of the molecule is CCSCCNCc1ccc(CO)cc1. The van der Waals surface area contributed by atoms with E-state index in [2.05, 4.69) is 24.4 Å². The summed E-state index contributed by atoms with van der Waals surface area (Å²) in [6.07, 6.45) is 0. The highest BCUT2D eigenvalue weighted by Gasteiger charge is 1.93. The van der Waals surface area contributed by atoms with Crippen molar-refractivity contribution in [2.45, 2.75) is 20.1 Å². The van der Waals surface area contributed by atoms with Crippen molar-refractivity contribution >= 4 is 11.8 Å². The van der Waals surface area contributed by atoms with Crippen LogP contribution in [0.1, 0.15) is 18.1 Å². The number of benzene rings is 1. The Kier molecular flexibility index (Phi) is 6.48. The molecule has 1 aromatic rings. The van der Waals surface area contributed by atoms with Crippen molar-refractivity contribution in [1.82, 2.24) is 5.32 Å². The summed E-state index contributed by atoms with van der Waals surface area (Å²) >= 11 is 1.95. The molecule has 0 radical (unpaired) electrons. The van der Waals surface area contributed by atoms with Crippen LogP contribution in [0.25, 0.3) is 0 Å². The molecule has 3 heteroatoms. The third-order valence-corrected chi connectivity index (χ3v) is 3.06. The number of hydrogen-bond acceptors (Lipinski definition) is 3. The standard InChI is InChI=1S/C12H19NOS/c1-2-15-8-7-13-9-11-3-5-12(10-14)6-4-11/h3-6,13-14H,2,7-10H2,1H3. The molecule has 84 valence electrons. The zero-order chi connectivity index (χ0) is 10.9. The maximum atomic E-state index is 8.88. The molecule has 1 rings (SSSR count). The lowest BCUT2D eigenvalue weighted by Crippen LogP contribution is -2.16. The minimum atomic E-state index is 0.126. The summed E-state index contributed by atoms with van der Waals surface area (Å²) in [6, 6.07) is 8.06. The topological polar surface area (TPSA) is 32.3 Å². The summed E-state index contributed by atoms with van der Waals surface area (Å²) in [4.78, 5) is 0. The molecule has 1 aromatic carbocycles. The van der Waals surface area contributed by atoms with Gasteiger partial charge < -0.3 is 10.4 Å². The fourth-order valence-electron chi connectivity index (χ4n) is 1.28. The normalized spacial score (nSPS) is 10.5. The van der Waals surface area contributed by atoms with Crippen molar-refractivity contribution in [2.24, 2.45) is 0 Å². The number of aliphatic hydroxyl groups is 1. The molecule has 0 aliphatic heterocycles. The molecule has 15 heavy (non-hydrogen) atoms. The molecule has 2 N–H and O–H groups in total. The summed E-state index contributed by atoms with van der Waals surface area (Å²) < 4.78 is 0. The van der Waals surface area contributed by atoms with E-state index in [-0.39, 0.29) is 6.61 Å². The molecule has 2 nitrogen and oxygen atoms in total. The third kappa shape index (κ3) is 5.21. The van der Waals surface area contributed by atoms with Gasteiger partial charge in [-0.3, -0.25) is 0 Å². The quantitative estimate of drug-likeness (QED) is 0.696. The molecule has 0 aromatic heterocycles. The molecule has 0 saturated carbocycles. The third-order valence-electron chi connectivity index (χ3n) is 2.16. The Labute approximate surface area is 96.1 Å². The number of thioether (sulfide) groups is 1. The van der Waals surface area contributed by atoms with Crippen LogP contribution in [0.5, 0.6) is 0 Å². The first kappa shape index (κ1) is 12.6. The van der Waals surface area contributed by atoms with E-state index in [4.69, 9.17) is 5.11 Å². The summed E-state index contributed by atoms with van der Waals surface area (Å²) in [5, 5.41) is 12.3.